The van der Waals surface area contributed by atoms with E-state index in [-0.39, 0.29) is 11.3 Å². The average Bonchev–Trinajstić information content (AvgIpc) is 3.93. The second-order valence-electron chi connectivity index (χ2n) is 12.3. The van der Waals surface area contributed by atoms with Gasteiger partial charge in [-0.15, -0.1) is 0 Å². The van der Waals surface area contributed by atoms with E-state index < -0.39 is 52.4 Å². The van der Waals surface area contributed by atoms with Crippen molar-refractivity contribution in [2.24, 2.45) is 0 Å². The van der Waals surface area contributed by atoms with Crippen LogP contribution in [-0.4, -0.2) is 56.1 Å². The number of likely N-dealkylation sites (tertiary alicyclic amines) is 1. The number of halogens is 1. The number of nitrogens with zero attached hydrogens (tertiary/aromatic N) is 2. The molecule has 55 heavy (non-hydrogen) atoms. The molecular weight excluding hydrogens is 784 g/mol. The minimum Gasteiger partial charge on any atom is -0.509 e. The van der Waals surface area contributed by atoms with E-state index in [2.05, 4.69) is 15.9 Å². The van der Waals surface area contributed by atoms with Gasteiger partial charge in [0.2, 0.25) is 5.91 Å². The minimum atomic E-state index is -1.08. The SMILES string of the molecule is CC(=O)N(c1ccccc1)C1C(=O)N(C(C(=O)OC(c2ccccc2)c2ccccc2)=C(O)CBr)C1SC=O.O=C1OC1(c1ccccc1)c1ccccc1. The lowest BCUT2D eigenvalue weighted by molar-refractivity contribution is -0.153. The maximum Gasteiger partial charge on any atom is 0.362 e. The molecule has 12 heteroatoms. The van der Waals surface area contributed by atoms with Crippen LogP contribution in [0.25, 0.3) is 0 Å². The Morgan fingerprint density at radius 2 is 1.25 bits per heavy atom. The van der Waals surface area contributed by atoms with Crippen molar-refractivity contribution in [2.75, 3.05) is 10.2 Å². The van der Waals surface area contributed by atoms with E-state index in [1.165, 1.54) is 11.8 Å². The van der Waals surface area contributed by atoms with Crippen molar-refractivity contribution in [3.63, 3.8) is 0 Å². The minimum absolute atomic E-state index is 0.152. The Morgan fingerprint density at radius 3 is 1.65 bits per heavy atom. The summed E-state index contributed by atoms with van der Waals surface area (Å²) in [4.78, 5) is 65.4. The lowest BCUT2D eigenvalue weighted by atomic mass is 9.91. The maximum atomic E-state index is 13.7. The predicted molar refractivity (Wildman–Crippen MR) is 212 cm³/mol. The molecule has 0 saturated carbocycles. The second-order valence-corrected chi connectivity index (χ2v) is 13.8. The number of rotatable bonds is 12. The largest absolute Gasteiger partial charge is 0.509 e. The maximum absolute atomic E-state index is 13.7. The number of aliphatic hydroxyl groups excluding tert-OH is 1. The van der Waals surface area contributed by atoms with Crippen LogP contribution in [0.5, 0.6) is 0 Å². The van der Waals surface area contributed by atoms with Crippen LogP contribution in [0, 0.1) is 0 Å². The van der Waals surface area contributed by atoms with Gasteiger partial charge >= 0.3 is 11.9 Å². The van der Waals surface area contributed by atoms with Gasteiger partial charge in [0.1, 0.15) is 17.2 Å². The van der Waals surface area contributed by atoms with E-state index in [4.69, 9.17) is 9.47 Å². The van der Waals surface area contributed by atoms with E-state index in [0.29, 0.717) is 22.4 Å². The summed E-state index contributed by atoms with van der Waals surface area (Å²) in [7, 11) is 0. The fourth-order valence-electron chi connectivity index (χ4n) is 6.39. The third kappa shape index (κ3) is 8.10. The van der Waals surface area contributed by atoms with E-state index in [9.17, 15) is 29.1 Å². The van der Waals surface area contributed by atoms with Crippen LogP contribution in [-0.2, 0) is 39.0 Å². The van der Waals surface area contributed by atoms with Crippen molar-refractivity contribution in [1.29, 1.82) is 0 Å². The number of ether oxygens (including phenoxy) is 2. The first-order chi connectivity index (χ1) is 26.7. The number of hydrogen-bond donors (Lipinski definition) is 1. The number of aliphatic hydroxyl groups is 1. The molecule has 2 heterocycles. The lowest BCUT2D eigenvalue weighted by Crippen LogP contribution is -2.70. The quantitative estimate of drug-likeness (QED) is 0.0259. The summed E-state index contributed by atoms with van der Waals surface area (Å²) >= 11 is 3.88. The molecule has 0 aliphatic carbocycles. The molecule has 2 aliphatic heterocycles. The van der Waals surface area contributed by atoms with Crippen LogP contribution in [0.2, 0.25) is 0 Å². The first-order valence-corrected chi connectivity index (χ1v) is 19.2. The molecule has 2 atom stereocenters. The average molecular weight is 820 g/mol. The van der Waals surface area contributed by atoms with E-state index >= 15 is 0 Å². The van der Waals surface area contributed by atoms with Crippen molar-refractivity contribution >= 4 is 62.8 Å². The topological polar surface area (TPSA) is 134 Å². The molecule has 2 fully saturated rings. The molecule has 278 valence electrons. The van der Waals surface area contributed by atoms with Crippen LogP contribution in [0.1, 0.15) is 35.3 Å². The zero-order chi connectivity index (χ0) is 39.0. The predicted octanol–water partition coefficient (Wildman–Crippen LogP) is 7.48. The lowest BCUT2D eigenvalue weighted by Gasteiger charge is -2.49. The Labute approximate surface area is 330 Å². The van der Waals surface area contributed by atoms with Gasteiger partial charge in [-0.1, -0.05) is 167 Å². The molecule has 0 radical (unpaired) electrons. The molecule has 1 N–H and O–H groups in total. The fraction of sp³-hybridized carbons (Fsp3) is 0.140. The van der Waals surface area contributed by atoms with Crippen LogP contribution >= 0.6 is 27.7 Å². The summed E-state index contributed by atoms with van der Waals surface area (Å²) in [6, 6.07) is 44.8. The highest BCUT2D eigenvalue weighted by Gasteiger charge is 2.61. The summed E-state index contributed by atoms with van der Waals surface area (Å²) in [6.07, 6.45) is -0.833. The smallest absolute Gasteiger partial charge is 0.362 e. The number of β-lactam (4-membered cyclic amide) rings is 1. The Kier molecular flexibility index (Phi) is 12.3. The third-order valence-electron chi connectivity index (χ3n) is 8.98. The van der Waals surface area contributed by atoms with Gasteiger partial charge in [0.05, 0.1) is 5.33 Å². The number of carbonyl (C=O) groups is 5. The number of esters is 1. The van der Waals surface area contributed by atoms with Crippen molar-refractivity contribution in [1.82, 2.24) is 4.90 Å². The summed E-state index contributed by atoms with van der Waals surface area (Å²) in [6.45, 7) is 1.32. The van der Waals surface area contributed by atoms with E-state index in [1.54, 1.807) is 54.6 Å². The summed E-state index contributed by atoms with van der Waals surface area (Å²) in [5.74, 6) is -2.63. The van der Waals surface area contributed by atoms with Crippen LogP contribution < -0.4 is 4.90 Å². The molecule has 7 rings (SSSR count). The van der Waals surface area contributed by atoms with Gasteiger partial charge in [-0.25, -0.2) is 9.59 Å². The molecule has 5 aromatic rings. The number of allylic oxidation sites excluding steroid dienone is 1. The van der Waals surface area contributed by atoms with Crippen LogP contribution in [0.15, 0.2) is 163 Å². The number of cyclic esters (lactones) is 1. The van der Waals surface area contributed by atoms with Gasteiger partial charge in [0.15, 0.2) is 17.4 Å². The number of alkyl halides is 1. The standard InChI is InChI=1S/C29H25BrN2O6S.C14H10O2/c1-19(34)31(22-15-9-4-10-16-22)25-27(36)32(28(25)39-18-33)24(23(35)17-30)29(37)38-26(20-11-5-2-6-12-20)21-13-7-3-8-14-21;15-13-14(16-13,11-7-3-1-4-8-11)12-9-5-2-6-10-12/h2-16,18,25-26,28,35H,17H2,1H3;1-10H. The molecule has 0 bridgehead atoms. The zero-order valence-corrected chi connectivity index (χ0v) is 31.8. The number of hydrogen-bond acceptors (Lipinski definition) is 9. The van der Waals surface area contributed by atoms with E-state index in [0.717, 1.165) is 27.8 Å². The first-order valence-electron chi connectivity index (χ1n) is 17.1. The number of amides is 2. The molecule has 10 nitrogen and oxygen atoms in total. The molecule has 2 amide bonds. The van der Waals surface area contributed by atoms with Crippen LogP contribution in [0.3, 0.4) is 0 Å². The van der Waals surface area contributed by atoms with Gasteiger partial charge < -0.3 is 14.6 Å². The Morgan fingerprint density at radius 1 is 0.818 bits per heavy atom. The highest BCUT2D eigenvalue weighted by Crippen LogP contribution is 2.46. The van der Waals surface area contributed by atoms with Crippen molar-refractivity contribution in [2.45, 2.75) is 30.0 Å². The second kappa shape index (κ2) is 17.4. The Hall–Kier alpha value is -5.98. The molecule has 2 unspecified atom stereocenters. The summed E-state index contributed by atoms with van der Waals surface area (Å²) in [5.41, 5.74) is 2.92. The highest BCUT2D eigenvalue weighted by molar-refractivity contribution is 9.09. The molecule has 0 aromatic heterocycles. The number of carbonyl (C=O) groups excluding carboxylic acids is 5. The zero-order valence-electron chi connectivity index (χ0n) is 29.4. The highest BCUT2D eigenvalue weighted by atomic mass is 79.9. The van der Waals surface area contributed by atoms with E-state index in [1.807, 2.05) is 97.1 Å². The number of thioether (sulfide) groups is 1. The first kappa shape index (κ1) is 38.7. The summed E-state index contributed by atoms with van der Waals surface area (Å²) < 4.78 is 11.2. The van der Waals surface area contributed by atoms with Crippen molar-refractivity contribution in [3.8, 4) is 0 Å². The van der Waals surface area contributed by atoms with Gasteiger partial charge in [0, 0.05) is 23.7 Å². The van der Waals surface area contributed by atoms with Gasteiger partial charge in [-0.2, -0.15) is 0 Å². The Balaban J connectivity index is 0.000000265. The summed E-state index contributed by atoms with van der Waals surface area (Å²) in [5, 5.41) is 9.66. The van der Waals surface area contributed by atoms with Gasteiger partial charge in [-0.05, 0) is 23.3 Å². The fourth-order valence-corrected chi connectivity index (χ4v) is 7.49. The van der Waals surface area contributed by atoms with Crippen molar-refractivity contribution in [3.05, 3.63) is 185 Å². The molecule has 5 aromatic carbocycles. The molecular formula is C43H35BrN2O8S. The molecule has 2 aliphatic rings. The number of para-hydroxylation sites is 1. The van der Waals surface area contributed by atoms with Gasteiger partial charge in [-0.3, -0.25) is 24.2 Å². The van der Waals surface area contributed by atoms with Crippen molar-refractivity contribution < 1.29 is 38.6 Å². The molecule has 0 spiro atoms. The monoisotopic (exact) mass is 818 g/mol. The number of anilines is 1. The van der Waals surface area contributed by atoms with Crippen LogP contribution in [0.4, 0.5) is 5.69 Å². The Bertz CT molecular complexity index is 2090. The normalized spacial score (nSPS) is 17.0. The number of benzene rings is 5. The third-order valence-corrected chi connectivity index (χ3v) is 10.4. The number of epoxide rings is 1. The molecule has 2 saturated heterocycles. The van der Waals surface area contributed by atoms with Gasteiger partial charge in [0.25, 0.3) is 11.5 Å².